The molecule has 6 heteroatoms. The number of nitrogens with zero attached hydrogens (tertiary/aromatic N) is 3. The van der Waals surface area contributed by atoms with Gasteiger partial charge in [-0.25, -0.2) is 4.98 Å². The summed E-state index contributed by atoms with van der Waals surface area (Å²) in [5.74, 6) is 2.40. The third-order valence-corrected chi connectivity index (χ3v) is 5.45. The van der Waals surface area contributed by atoms with Crippen LogP contribution in [0.25, 0.3) is 0 Å². The molecule has 0 saturated carbocycles. The lowest BCUT2D eigenvalue weighted by molar-refractivity contribution is 0.0529. The highest BCUT2D eigenvalue weighted by molar-refractivity contribution is 5.94. The van der Waals surface area contributed by atoms with E-state index >= 15 is 0 Å². The lowest BCUT2D eigenvalue weighted by Crippen LogP contribution is -2.41. The summed E-state index contributed by atoms with van der Waals surface area (Å²) in [6.45, 7) is 13.2. The van der Waals surface area contributed by atoms with Crippen LogP contribution < -0.4 is 10.2 Å². The Bertz CT molecular complexity index is 614. The van der Waals surface area contributed by atoms with Gasteiger partial charge in [-0.3, -0.25) is 4.79 Å². The molecule has 1 amide bonds. The second-order valence-electron chi connectivity index (χ2n) is 8.35. The van der Waals surface area contributed by atoms with Crippen molar-refractivity contribution in [1.82, 2.24) is 15.2 Å². The zero-order chi connectivity index (χ0) is 19.2. The van der Waals surface area contributed by atoms with Crippen LogP contribution in [0.2, 0.25) is 0 Å². The molecule has 27 heavy (non-hydrogen) atoms. The van der Waals surface area contributed by atoms with Gasteiger partial charge in [0.15, 0.2) is 0 Å². The number of nitrogens with one attached hydrogen (secondary N) is 1. The fourth-order valence-corrected chi connectivity index (χ4v) is 4.34. The predicted molar refractivity (Wildman–Crippen MR) is 108 cm³/mol. The molecule has 2 aliphatic heterocycles. The smallest absolute Gasteiger partial charge is 0.251 e. The Balaban J connectivity index is 1.45. The van der Waals surface area contributed by atoms with E-state index in [1.54, 1.807) is 12.3 Å². The number of amides is 1. The number of hydrogen-bond acceptors (Lipinski definition) is 5. The van der Waals surface area contributed by atoms with Crippen LogP contribution in [0.3, 0.4) is 0 Å². The SMILES string of the molecule is CC1CC(C)CN(CCCNC(=O)c2ccnc(N3CCOC(C)C3)c2)C1. The van der Waals surface area contributed by atoms with Crippen molar-refractivity contribution in [3.8, 4) is 0 Å². The highest BCUT2D eigenvalue weighted by Crippen LogP contribution is 2.21. The second kappa shape index (κ2) is 9.51. The highest BCUT2D eigenvalue weighted by atomic mass is 16.5. The molecule has 3 unspecified atom stereocenters. The molecule has 1 aromatic heterocycles. The number of piperidine rings is 1. The summed E-state index contributed by atoms with van der Waals surface area (Å²) in [6.07, 6.45) is 4.24. The first-order chi connectivity index (χ1) is 13.0. The third kappa shape index (κ3) is 5.91. The molecule has 0 bridgehead atoms. The van der Waals surface area contributed by atoms with Gasteiger partial charge in [-0.1, -0.05) is 13.8 Å². The topological polar surface area (TPSA) is 57.7 Å². The van der Waals surface area contributed by atoms with Gasteiger partial charge < -0.3 is 19.9 Å². The van der Waals surface area contributed by atoms with Crippen molar-refractivity contribution in [2.24, 2.45) is 11.8 Å². The standard InChI is InChI=1S/C21H34N4O2/c1-16-11-17(2)14-24(13-16)8-4-6-23-21(26)19-5-7-22-20(12-19)25-9-10-27-18(3)15-25/h5,7,12,16-18H,4,6,8-11,13-15H2,1-3H3,(H,23,26). The maximum atomic E-state index is 12.5. The molecule has 2 fully saturated rings. The molecule has 150 valence electrons. The van der Waals surface area contributed by atoms with Crippen molar-refractivity contribution in [3.63, 3.8) is 0 Å². The first-order valence-corrected chi connectivity index (χ1v) is 10.3. The number of hydrogen-bond donors (Lipinski definition) is 1. The number of carbonyl (C=O) groups is 1. The monoisotopic (exact) mass is 374 g/mol. The summed E-state index contributed by atoms with van der Waals surface area (Å²) in [7, 11) is 0. The molecule has 2 saturated heterocycles. The quantitative estimate of drug-likeness (QED) is 0.775. The van der Waals surface area contributed by atoms with Crippen molar-refractivity contribution < 1.29 is 9.53 Å². The summed E-state index contributed by atoms with van der Waals surface area (Å²) in [5.41, 5.74) is 0.680. The van der Waals surface area contributed by atoms with E-state index in [1.807, 2.05) is 6.07 Å². The van der Waals surface area contributed by atoms with Crippen LogP contribution in [0.4, 0.5) is 5.82 Å². The fraction of sp³-hybridized carbons (Fsp3) is 0.714. The van der Waals surface area contributed by atoms with Crippen molar-refractivity contribution in [2.75, 3.05) is 50.8 Å². The van der Waals surface area contributed by atoms with E-state index in [0.29, 0.717) is 18.7 Å². The van der Waals surface area contributed by atoms with E-state index in [-0.39, 0.29) is 12.0 Å². The number of anilines is 1. The Hall–Kier alpha value is -1.66. The number of ether oxygens (including phenoxy) is 1. The number of pyridine rings is 1. The van der Waals surface area contributed by atoms with Crippen molar-refractivity contribution >= 4 is 11.7 Å². The van der Waals surface area contributed by atoms with Crippen LogP contribution >= 0.6 is 0 Å². The molecule has 3 rings (SSSR count). The summed E-state index contributed by atoms with van der Waals surface area (Å²) in [5, 5.41) is 3.06. The molecule has 1 aromatic rings. The first-order valence-electron chi connectivity index (χ1n) is 10.3. The second-order valence-corrected chi connectivity index (χ2v) is 8.35. The van der Waals surface area contributed by atoms with E-state index in [4.69, 9.17) is 4.74 Å². The van der Waals surface area contributed by atoms with Crippen LogP contribution in [0, 0.1) is 11.8 Å². The van der Waals surface area contributed by atoms with E-state index in [2.05, 4.69) is 40.9 Å². The first kappa shape index (κ1) is 20.1. The van der Waals surface area contributed by atoms with E-state index in [0.717, 1.165) is 43.7 Å². The number of aromatic nitrogens is 1. The number of rotatable bonds is 6. The van der Waals surface area contributed by atoms with E-state index < -0.39 is 0 Å². The maximum absolute atomic E-state index is 12.5. The fourth-order valence-electron chi connectivity index (χ4n) is 4.34. The zero-order valence-electron chi connectivity index (χ0n) is 17.0. The molecular weight excluding hydrogens is 340 g/mol. The third-order valence-electron chi connectivity index (χ3n) is 5.45. The van der Waals surface area contributed by atoms with Crippen LogP contribution in [0.5, 0.6) is 0 Å². The average Bonchev–Trinajstić information content (AvgIpc) is 2.64. The Morgan fingerprint density at radius 2 is 2.04 bits per heavy atom. The van der Waals surface area contributed by atoms with Crippen LogP contribution in [-0.2, 0) is 4.74 Å². The van der Waals surface area contributed by atoms with Crippen molar-refractivity contribution in [2.45, 2.75) is 39.7 Å². The Morgan fingerprint density at radius 1 is 1.26 bits per heavy atom. The maximum Gasteiger partial charge on any atom is 0.251 e. The predicted octanol–water partition coefficient (Wildman–Crippen LogP) is 2.40. The zero-order valence-corrected chi connectivity index (χ0v) is 17.0. The van der Waals surface area contributed by atoms with Gasteiger partial charge >= 0.3 is 0 Å². The molecular formula is C21H34N4O2. The highest BCUT2D eigenvalue weighted by Gasteiger charge is 2.21. The number of morpholine rings is 1. The molecule has 0 radical (unpaired) electrons. The van der Waals surface area contributed by atoms with Gasteiger partial charge in [-0.05, 0) is 50.3 Å². The van der Waals surface area contributed by atoms with E-state index in [1.165, 1.54) is 19.5 Å². The van der Waals surface area contributed by atoms with Gasteiger partial charge in [0.2, 0.25) is 0 Å². The van der Waals surface area contributed by atoms with Crippen molar-refractivity contribution in [1.29, 1.82) is 0 Å². The van der Waals surface area contributed by atoms with Crippen molar-refractivity contribution in [3.05, 3.63) is 23.9 Å². The number of likely N-dealkylation sites (tertiary alicyclic amines) is 1. The lowest BCUT2D eigenvalue weighted by atomic mass is 9.92. The summed E-state index contributed by atoms with van der Waals surface area (Å²) < 4.78 is 5.58. The Labute approximate surface area is 163 Å². The average molecular weight is 375 g/mol. The Morgan fingerprint density at radius 3 is 2.78 bits per heavy atom. The summed E-state index contributed by atoms with van der Waals surface area (Å²) in [4.78, 5) is 21.7. The molecule has 2 aliphatic rings. The molecule has 0 aromatic carbocycles. The van der Waals surface area contributed by atoms with Crippen LogP contribution in [0.1, 0.15) is 44.0 Å². The van der Waals surface area contributed by atoms with Gasteiger partial charge in [0, 0.05) is 44.5 Å². The lowest BCUT2D eigenvalue weighted by Gasteiger charge is -2.34. The summed E-state index contributed by atoms with van der Waals surface area (Å²) in [6, 6.07) is 3.68. The summed E-state index contributed by atoms with van der Waals surface area (Å²) >= 11 is 0. The molecule has 6 nitrogen and oxygen atoms in total. The van der Waals surface area contributed by atoms with Gasteiger partial charge in [0.05, 0.1) is 12.7 Å². The van der Waals surface area contributed by atoms with E-state index in [9.17, 15) is 4.79 Å². The van der Waals surface area contributed by atoms with Crippen LogP contribution in [0.15, 0.2) is 18.3 Å². The largest absolute Gasteiger partial charge is 0.375 e. The minimum atomic E-state index is -0.0136. The molecule has 0 spiro atoms. The van der Waals surface area contributed by atoms with Crippen LogP contribution in [-0.4, -0.2) is 67.8 Å². The molecule has 3 heterocycles. The van der Waals surface area contributed by atoms with Gasteiger partial charge in [-0.15, -0.1) is 0 Å². The van der Waals surface area contributed by atoms with Gasteiger partial charge in [0.1, 0.15) is 5.82 Å². The molecule has 1 N–H and O–H groups in total. The van der Waals surface area contributed by atoms with Gasteiger partial charge in [0.25, 0.3) is 5.91 Å². The number of carbonyl (C=O) groups excluding carboxylic acids is 1. The van der Waals surface area contributed by atoms with Gasteiger partial charge in [-0.2, -0.15) is 0 Å². The minimum absolute atomic E-state index is 0.0136. The molecule has 0 aliphatic carbocycles. The minimum Gasteiger partial charge on any atom is -0.375 e. The molecule has 3 atom stereocenters. The normalized spacial score (nSPS) is 26.8. The Kier molecular flexibility index (Phi) is 7.07.